The maximum Gasteiger partial charge on any atom is 0.314 e. The first-order valence-electron chi connectivity index (χ1n) is 5.65. The summed E-state index contributed by atoms with van der Waals surface area (Å²) in [5.74, 6) is -0.218. The van der Waals surface area contributed by atoms with Crippen LogP contribution >= 0.6 is 23.4 Å². The summed E-state index contributed by atoms with van der Waals surface area (Å²) in [5, 5.41) is 16.9. The van der Waals surface area contributed by atoms with Gasteiger partial charge in [0.15, 0.2) is 6.10 Å². The molecule has 20 heavy (non-hydrogen) atoms. The van der Waals surface area contributed by atoms with Crippen molar-refractivity contribution in [1.82, 2.24) is 10.2 Å². The van der Waals surface area contributed by atoms with Gasteiger partial charge in [0.2, 0.25) is 0 Å². The molecular weight excluding hydrogens is 304 g/mol. The molecule has 0 saturated carbocycles. The van der Waals surface area contributed by atoms with E-state index in [0.29, 0.717) is 10.8 Å². The van der Waals surface area contributed by atoms with Gasteiger partial charge >= 0.3 is 5.97 Å². The van der Waals surface area contributed by atoms with Crippen LogP contribution in [0.5, 0.6) is 5.75 Å². The van der Waals surface area contributed by atoms with Gasteiger partial charge in [-0.05, 0) is 25.1 Å². The SMILES string of the molecule is CC(Oc1cccc(Cl)c1)c1nnc(SCC(=O)O)o1. The minimum Gasteiger partial charge on any atom is -0.481 e. The molecule has 0 fully saturated rings. The molecule has 2 aromatic rings. The van der Waals surface area contributed by atoms with Gasteiger partial charge in [-0.2, -0.15) is 0 Å². The maximum absolute atomic E-state index is 10.4. The van der Waals surface area contributed by atoms with E-state index in [2.05, 4.69) is 10.2 Å². The van der Waals surface area contributed by atoms with Crippen molar-refractivity contribution in [2.24, 2.45) is 0 Å². The number of carboxylic acids is 1. The average molecular weight is 315 g/mol. The predicted molar refractivity (Wildman–Crippen MR) is 73.2 cm³/mol. The van der Waals surface area contributed by atoms with E-state index in [1.807, 2.05) is 0 Å². The van der Waals surface area contributed by atoms with E-state index in [4.69, 9.17) is 25.9 Å². The minimum absolute atomic E-state index is 0.134. The van der Waals surface area contributed by atoms with Crippen molar-refractivity contribution >= 4 is 29.3 Å². The van der Waals surface area contributed by atoms with Crippen LogP contribution in [0.25, 0.3) is 0 Å². The molecular formula is C12H11ClN2O4S. The highest BCUT2D eigenvalue weighted by atomic mass is 35.5. The van der Waals surface area contributed by atoms with E-state index in [0.717, 1.165) is 11.8 Å². The molecule has 1 unspecified atom stereocenters. The van der Waals surface area contributed by atoms with Gasteiger partial charge in [-0.25, -0.2) is 0 Å². The zero-order valence-electron chi connectivity index (χ0n) is 10.4. The van der Waals surface area contributed by atoms with Crippen molar-refractivity contribution in [2.75, 3.05) is 5.75 Å². The van der Waals surface area contributed by atoms with E-state index in [1.165, 1.54) is 0 Å². The molecule has 6 nitrogen and oxygen atoms in total. The maximum atomic E-state index is 10.4. The molecule has 106 valence electrons. The van der Waals surface area contributed by atoms with E-state index in [-0.39, 0.29) is 16.9 Å². The van der Waals surface area contributed by atoms with Crippen LogP contribution in [0.2, 0.25) is 5.02 Å². The number of aliphatic carboxylic acids is 1. The quantitative estimate of drug-likeness (QED) is 0.820. The van der Waals surface area contributed by atoms with Crippen LogP contribution < -0.4 is 4.74 Å². The molecule has 1 aromatic carbocycles. The van der Waals surface area contributed by atoms with Gasteiger partial charge in [0.25, 0.3) is 11.1 Å². The molecule has 2 rings (SSSR count). The summed E-state index contributed by atoms with van der Waals surface area (Å²) in [4.78, 5) is 10.4. The molecule has 1 atom stereocenters. The lowest BCUT2D eigenvalue weighted by molar-refractivity contribution is -0.133. The molecule has 0 saturated heterocycles. The Morgan fingerprint density at radius 1 is 1.55 bits per heavy atom. The highest BCUT2D eigenvalue weighted by molar-refractivity contribution is 7.99. The number of carbonyl (C=O) groups is 1. The lowest BCUT2D eigenvalue weighted by Gasteiger charge is -2.10. The highest BCUT2D eigenvalue weighted by Gasteiger charge is 2.16. The first-order chi connectivity index (χ1) is 9.54. The van der Waals surface area contributed by atoms with Crippen molar-refractivity contribution in [3.05, 3.63) is 35.2 Å². The second kappa shape index (κ2) is 6.62. The fraction of sp³-hybridized carbons (Fsp3) is 0.250. The van der Waals surface area contributed by atoms with Gasteiger partial charge in [0, 0.05) is 5.02 Å². The van der Waals surface area contributed by atoms with Crippen LogP contribution in [-0.2, 0) is 4.79 Å². The summed E-state index contributed by atoms with van der Waals surface area (Å²) in [6.45, 7) is 1.75. The van der Waals surface area contributed by atoms with Crippen LogP contribution in [0.3, 0.4) is 0 Å². The Bertz CT molecular complexity index is 605. The number of rotatable bonds is 6. The molecule has 0 aliphatic rings. The average Bonchev–Trinajstić information content (AvgIpc) is 2.85. The van der Waals surface area contributed by atoms with E-state index in [1.54, 1.807) is 31.2 Å². The second-order valence-electron chi connectivity index (χ2n) is 3.81. The number of thioether (sulfide) groups is 1. The van der Waals surface area contributed by atoms with Crippen molar-refractivity contribution in [3.63, 3.8) is 0 Å². The lowest BCUT2D eigenvalue weighted by Crippen LogP contribution is -2.03. The lowest BCUT2D eigenvalue weighted by atomic mass is 10.3. The first kappa shape index (κ1) is 14.7. The van der Waals surface area contributed by atoms with Crippen LogP contribution in [0, 0.1) is 0 Å². The number of carboxylic acid groups (broad SMARTS) is 1. The Kier molecular flexibility index (Phi) is 4.86. The Labute approximate surface area is 124 Å². The predicted octanol–water partition coefficient (Wildman–Crippen LogP) is 3.04. The molecule has 0 amide bonds. The Balaban J connectivity index is 1.98. The number of nitrogens with zero attached hydrogens (tertiary/aromatic N) is 2. The molecule has 0 bridgehead atoms. The Morgan fingerprint density at radius 2 is 2.35 bits per heavy atom. The van der Waals surface area contributed by atoms with Gasteiger partial charge in [0.05, 0.1) is 0 Å². The molecule has 1 N–H and O–H groups in total. The van der Waals surface area contributed by atoms with Gasteiger partial charge < -0.3 is 14.3 Å². The van der Waals surface area contributed by atoms with Crippen LogP contribution in [-0.4, -0.2) is 27.0 Å². The third kappa shape index (κ3) is 4.14. The summed E-state index contributed by atoms with van der Waals surface area (Å²) in [6.07, 6.45) is -0.458. The standard InChI is InChI=1S/C12H11ClN2O4S/c1-7(18-9-4-2-3-8(13)5-9)11-14-15-12(19-11)20-6-10(16)17/h2-5,7H,6H2,1H3,(H,16,17). The zero-order valence-corrected chi connectivity index (χ0v) is 12.0. The third-order valence-electron chi connectivity index (χ3n) is 2.20. The summed E-state index contributed by atoms with van der Waals surface area (Å²) in [6, 6.07) is 6.95. The van der Waals surface area contributed by atoms with E-state index < -0.39 is 12.1 Å². The topological polar surface area (TPSA) is 85.5 Å². The minimum atomic E-state index is -0.946. The largest absolute Gasteiger partial charge is 0.481 e. The molecule has 0 aliphatic heterocycles. The van der Waals surface area contributed by atoms with E-state index in [9.17, 15) is 4.79 Å². The van der Waals surface area contributed by atoms with Gasteiger partial charge in [0.1, 0.15) is 11.5 Å². The molecule has 0 radical (unpaired) electrons. The van der Waals surface area contributed by atoms with Crippen LogP contribution in [0.15, 0.2) is 33.9 Å². The molecule has 1 heterocycles. The van der Waals surface area contributed by atoms with Crippen molar-refractivity contribution in [1.29, 1.82) is 0 Å². The molecule has 0 aliphatic carbocycles. The van der Waals surface area contributed by atoms with E-state index >= 15 is 0 Å². The fourth-order valence-electron chi connectivity index (χ4n) is 1.36. The summed E-state index contributed by atoms with van der Waals surface area (Å²) in [7, 11) is 0. The Morgan fingerprint density at radius 3 is 3.05 bits per heavy atom. The number of halogens is 1. The number of aromatic nitrogens is 2. The zero-order chi connectivity index (χ0) is 14.5. The third-order valence-corrected chi connectivity index (χ3v) is 3.24. The first-order valence-corrected chi connectivity index (χ1v) is 7.01. The molecule has 8 heteroatoms. The Hall–Kier alpha value is -1.73. The van der Waals surface area contributed by atoms with Gasteiger partial charge in [-0.15, -0.1) is 10.2 Å². The molecule has 0 spiro atoms. The van der Waals surface area contributed by atoms with Crippen molar-refractivity contribution in [3.8, 4) is 5.75 Å². The number of hydrogen-bond acceptors (Lipinski definition) is 6. The summed E-state index contributed by atoms with van der Waals surface area (Å²) < 4.78 is 10.9. The summed E-state index contributed by atoms with van der Waals surface area (Å²) in [5.41, 5.74) is 0. The normalized spacial score (nSPS) is 12.1. The highest BCUT2D eigenvalue weighted by Crippen LogP contribution is 2.25. The van der Waals surface area contributed by atoms with Crippen LogP contribution in [0.1, 0.15) is 18.9 Å². The van der Waals surface area contributed by atoms with Gasteiger partial charge in [-0.1, -0.05) is 29.4 Å². The van der Waals surface area contributed by atoms with Gasteiger partial charge in [-0.3, -0.25) is 4.79 Å². The number of benzene rings is 1. The smallest absolute Gasteiger partial charge is 0.314 e. The summed E-state index contributed by atoms with van der Waals surface area (Å²) >= 11 is 6.82. The molecule has 1 aromatic heterocycles. The van der Waals surface area contributed by atoms with Crippen molar-refractivity contribution in [2.45, 2.75) is 18.3 Å². The fourth-order valence-corrected chi connectivity index (χ4v) is 2.03. The van der Waals surface area contributed by atoms with Crippen LogP contribution in [0.4, 0.5) is 0 Å². The monoisotopic (exact) mass is 314 g/mol. The number of ether oxygens (including phenoxy) is 1. The second-order valence-corrected chi connectivity index (χ2v) is 5.17. The number of hydrogen-bond donors (Lipinski definition) is 1. The van der Waals surface area contributed by atoms with Crippen molar-refractivity contribution < 1.29 is 19.1 Å².